The number of para-hydroxylation sites is 1. The van der Waals surface area contributed by atoms with E-state index in [1.165, 1.54) is 30.9 Å². The number of rotatable bonds is 21. The Morgan fingerprint density at radius 1 is 0.988 bits per heavy atom. The predicted molar refractivity (Wildman–Crippen MR) is 301 cm³/mol. The number of fused-ring (bicyclic) bond motifs is 6. The summed E-state index contributed by atoms with van der Waals surface area (Å²) in [4.78, 5) is 101. The van der Waals surface area contributed by atoms with Crippen molar-refractivity contribution < 1.29 is 67.8 Å². The first-order chi connectivity index (χ1) is 38.4. The van der Waals surface area contributed by atoms with E-state index in [0.717, 1.165) is 43.1 Å². The molecule has 8 atom stereocenters. The van der Waals surface area contributed by atoms with Gasteiger partial charge in [0.15, 0.2) is 5.72 Å². The van der Waals surface area contributed by atoms with E-state index in [2.05, 4.69) is 22.1 Å². The van der Waals surface area contributed by atoms with Crippen molar-refractivity contribution in [3.8, 4) is 0 Å². The van der Waals surface area contributed by atoms with Crippen LogP contribution in [0, 0.1) is 12.8 Å². The number of carbonyl (C=O) groups excluding carboxylic acids is 7. The van der Waals surface area contributed by atoms with Gasteiger partial charge in [0, 0.05) is 90.8 Å². The van der Waals surface area contributed by atoms with Gasteiger partial charge < -0.3 is 63.8 Å². The van der Waals surface area contributed by atoms with Crippen molar-refractivity contribution in [1.29, 1.82) is 0 Å². The fraction of sp³-hybridized carbons (Fsp3) is 0.561. The molecule has 6 rings (SSSR count). The maximum absolute atomic E-state index is 14.4. The van der Waals surface area contributed by atoms with Crippen LogP contribution < -0.4 is 21.0 Å². The summed E-state index contributed by atoms with van der Waals surface area (Å²) in [5.74, 6) is -4.28. The number of epoxide rings is 1. The zero-order valence-corrected chi connectivity index (χ0v) is 48.8. The highest BCUT2D eigenvalue weighted by Gasteiger charge is 2.64. The summed E-state index contributed by atoms with van der Waals surface area (Å²) in [6, 6.07) is 12.4. The number of nitrogens with one attached hydrogen (secondary N) is 3. The van der Waals surface area contributed by atoms with Crippen molar-refractivity contribution in [2.75, 3.05) is 86.1 Å². The number of alkyl carbamates (subject to hydrolysis) is 1. The number of hydrogen-bond donors (Lipinski definition) is 6. The van der Waals surface area contributed by atoms with E-state index >= 15 is 0 Å². The molecule has 444 valence electrons. The first-order valence-electron chi connectivity index (χ1n) is 27.1. The molecule has 23 nitrogen and oxygen atoms in total. The molecule has 2 saturated heterocycles. The highest BCUT2D eigenvalue weighted by atomic mass is 35.5. The van der Waals surface area contributed by atoms with E-state index < -0.39 is 122 Å². The Bertz CT molecular complexity index is 2850. The number of aromatic nitrogens is 1. The second kappa shape index (κ2) is 28.0. The maximum atomic E-state index is 14.4. The van der Waals surface area contributed by atoms with Gasteiger partial charge in [-0.3, -0.25) is 34.7 Å². The van der Waals surface area contributed by atoms with Crippen molar-refractivity contribution in [3.05, 3.63) is 88.1 Å². The summed E-state index contributed by atoms with van der Waals surface area (Å²) in [5, 5.41) is 40.1. The number of aliphatic hydroxyl groups excluding tert-OH is 2. The molecule has 6 N–H and O–H groups in total. The Balaban J connectivity index is 1.11. The first kappa shape index (κ1) is 63.7. The van der Waals surface area contributed by atoms with Crippen LogP contribution in [0.1, 0.15) is 70.2 Å². The fourth-order valence-electron chi connectivity index (χ4n) is 10.4. The van der Waals surface area contributed by atoms with E-state index in [4.69, 9.17) is 30.5 Å². The minimum atomic E-state index is -1.90. The number of halogens is 1. The van der Waals surface area contributed by atoms with E-state index in [1.54, 1.807) is 39.1 Å². The molecule has 6 amide bonds. The van der Waals surface area contributed by atoms with Gasteiger partial charge in [-0.2, -0.15) is 0 Å². The minimum absolute atomic E-state index is 0.0542. The van der Waals surface area contributed by atoms with E-state index in [9.17, 15) is 48.9 Å². The van der Waals surface area contributed by atoms with Crippen molar-refractivity contribution in [3.63, 3.8) is 0 Å². The summed E-state index contributed by atoms with van der Waals surface area (Å²) in [6.07, 6.45) is 0.0443. The molecule has 4 bridgehead atoms. The quantitative estimate of drug-likeness (QED) is 0.0508. The molecule has 0 spiro atoms. The van der Waals surface area contributed by atoms with Crippen LogP contribution in [0.3, 0.4) is 0 Å². The topological polar surface area (TPSA) is 278 Å². The molecule has 3 aliphatic heterocycles. The van der Waals surface area contributed by atoms with Crippen LogP contribution in [0.15, 0.2) is 66.3 Å². The molecule has 3 aliphatic rings. The van der Waals surface area contributed by atoms with E-state index in [-0.39, 0.29) is 38.9 Å². The van der Waals surface area contributed by atoms with Gasteiger partial charge >= 0.3 is 12.1 Å². The second-order valence-corrected chi connectivity index (χ2v) is 21.7. The van der Waals surface area contributed by atoms with Crippen LogP contribution >= 0.6 is 11.6 Å². The van der Waals surface area contributed by atoms with Gasteiger partial charge in [0.1, 0.15) is 30.0 Å². The number of aryl methyl sites for hydroxylation is 2. The first-order valence-corrected chi connectivity index (χ1v) is 27.5. The predicted octanol–water partition coefficient (Wildman–Crippen LogP) is 2.57. The SMILES string of the molecule is CNN(C)Cc1cc2ccccc2n1CCC(=O)NCC(=O)N(CCO)CC(=O)N(CCO)CCC(=O)N(C)[C@@H](C)C(=O)O[C@H]1CC(=O)N(C)c2cc(cc(C)c2Cl)C/C(C)=C/C=C/[C@@H](OC)[C@@]2(O)C[C@H](OC(=O)N2)[C@@H](C)C2O[C@]21C. The number of hydrogen-bond acceptors (Lipinski definition) is 16. The number of esters is 1. The van der Waals surface area contributed by atoms with Gasteiger partial charge in [-0.1, -0.05) is 66.6 Å². The molecule has 0 aliphatic carbocycles. The Labute approximate surface area is 478 Å². The third-order valence-electron chi connectivity index (χ3n) is 15.6. The molecule has 4 heterocycles. The number of methoxy groups -OCH3 is 1. The standard InChI is InChI=1S/C57H80ClN9O14/c1-35-14-13-17-45(78-10)57(77)31-44(79-55(76)61-57)37(3)53-56(5,81-53)46(30-49(72)64(9)43-28-39(26-35)27-36(2)52(43)58)80-54(75)38(4)63(8)48(71)19-20-65(22-24-68)51(74)34-66(23-25-69)50(73)32-60-47(70)18-21-67-41(33-62(7)59-6)29-40-15-11-12-16-42(40)67/h11-17,27-29,37-38,44-46,53,59,68-69,77H,18-26,30-34H2,1-10H3,(H,60,70)(H,61,76)/b17-13+,35-14+/t37-,38+,44+,45-,46+,53?,56+,57+/m1/s1. The third kappa shape index (κ3) is 15.8. The van der Waals surface area contributed by atoms with Crippen LogP contribution in [-0.2, 0) is 67.2 Å². The molecular formula is C57H80ClN9O14. The van der Waals surface area contributed by atoms with Gasteiger partial charge in [-0.25, -0.2) is 14.6 Å². The van der Waals surface area contributed by atoms with Gasteiger partial charge in [0.25, 0.3) is 0 Å². The summed E-state index contributed by atoms with van der Waals surface area (Å²) in [5.41, 5.74) is 4.68. The van der Waals surface area contributed by atoms with Crippen molar-refractivity contribution in [1.82, 2.24) is 40.3 Å². The lowest BCUT2D eigenvalue weighted by Gasteiger charge is -2.42. The average molecular weight is 1150 g/mol. The molecule has 1 unspecified atom stereocenters. The lowest BCUT2D eigenvalue weighted by Crippen LogP contribution is -2.63. The molecular weight excluding hydrogens is 1070 g/mol. The Morgan fingerprint density at radius 3 is 2.38 bits per heavy atom. The van der Waals surface area contributed by atoms with Crippen molar-refractivity contribution in [2.24, 2.45) is 5.92 Å². The summed E-state index contributed by atoms with van der Waals surface area (Å²) >= 11 is 6.84. The zero-order valence-electron chi connectivity index (χ0n) is 48.0. The lowest BCUT2D eigenvalue weighted by atomic mass is 9.83. The van der Waals surface area contributed by atoms with Crippen molar-refractivity contribution in [2.45, 2.75) is 122 Å². The van der Waals surface area contributed by atoms with E-state index in [0.29, 0.717) is 30.2 Å². The average Bonchev–Trinajstić information content (AvgIpc) is 3.55. The number of benzene rings is 2. The Kier molecular flexibility index (Phi) is 22.1. The molecule has 0 radical (unpaired) electrons. The number of likely N-dealkylation sites (N-methyl/N-ethyl adjacent to an activating group) is 1. The molecule has 24 heteroatoms. The van der Waals surface area contributed by atoms with Gasteiger partial charge in [-0.15, -0.1) is 0 Å². The van der Waals surface area contributed by atoms with Gasteiger partial charge in [0.2, 0.25) is 29.5 Å². The monoisotopic (exact) mass is 1150 g/mol. The lowest BCUT2D eigenvalue weighted by molar-refractivity contribution is -0.162. The Morgan fingerprint density at radius 2 is 1.69 bits per heavy atom. The smallest absolute Gasteiger partial charge is 0.409 e. The van der Waals surface area contributed by atoms with Crippen molar-refractivity contribution >= 4 is 69.8 Å². The zero-order chi connectivity index (χ0) is 59.5. The highest BCUT2D eigenvalue weighted by Crippen LogP contribution is 2.49. The number of hydrazine groups is 1. The number of nitrogens with zero attached hydrogens (tertiary/aromatic N) is 6. The van der Waals surface area contributed by atoms with Crippen LogP contribution in [0.4, 0.5) is 10.5 Å². The fourth-order valence-corrected chi connectivity index (χ4v) is 10.6. The summed E-state index contributed by atoms with van der Waals surface area (Å²) in [7, 11) is 8.06. The molecule has 0 saturated carbocycles. The minimum Gasteiger partial charge on any atom is -0.457 e. The molecule has 81 heavy (non-hydrogen) atoms. The van der Waals surface area contributed by atoms with E-state index in [1.807, 2.05) is 73.9 Å². The number of aliphatic hydroxyl groups is 3. The second-order valence-electron chi connectivity index (χ2n) is 21.4. The molecule has 1 aromatic heterocycles. The highest BCUT2D eigenvalue weighted by molar-refractivity contribution is 6.34. The summed E-state index contributed by atoms with van der Waals surface area (Å²) < 4.78 is 25.9. The number of allylic oxidation sites excluding steroid dienone is 3. The Hall–Kier alpha value is -6.44. The van der Waals surface area contributed by atoms with Crippen LogP contribution in [0.2, 0.25) is 5.02 Å². The number of anilines is 1. The van der Waals surface area contributed by atoms with Gasteiger partial charge in [0.05, 0.1) is 56.1 Å². The summed E-state index contributed by atoms with van der Waals surface area (Å²) in [6.45, 7) is 6.87. The third-order valence-corrected chi connectivity index (χ3v) is 16.1. The maximum Gasteiger partial charge on any atom is 0.409 e. The van der Waals surface area contributed by atoms with Crippen LogP contribution in [0.5, 0.6) is 0 Å². The van der Waals surface area contributed by atoms with Crippen LogP contribution in [-0.4, -0.2) is 204 Å². The molecule has 2 fully saturated rings. The molecule has 2 aromatic carbocycles. The largest absolute Gasteiger partial charge is 0.457 e. The van der Waals surface area contributed by atoms with Gasteiger partial charge in [-0.05, 0) is 75.9 Å². The molecule has 3 aromatic rings. The normalized spacial score (nSPS) is 24.5. The van der Waals surface area contributed by atoms with Crippen LogP contribution in [0.25, 0.3) is 10.9 Å². The number of carbonyl (C=O) groups is 7. The number of amides is 6. The number of ether oxygens (including phenoxy) is 4.